The zero-order chi connectivity index (χ0) is 14.5. The van der Waals surface area contributed by atoms with Crippen molar-refractivity contribution in [2.45, 2.75) is 32.7 Å². The molecule has 1 fully saturated rings. The van der Waals surface area contributed by atoms with Crippen LogP contribution in [0.1, 0.15) is 35.7 Å². The number of amides is 1. The van der Waals surface area contributed by atoms with Gasteiger partial charge >= 0.3 is 0 Å². The van der Waals surface area contributed by atoms with Gasteiger partial charge in [0, 0.05) is 25.3 Å². The number of aryl methyl sites for hydroxylation is 1. The quantitative estimate of drug-likeness (QED) is 0.866. The summed E-state index contributed by atoms with van der Waals surface area (Å²) in [7, 11) is 1.85. The molecule has 1 aliphatic heterocycles. The molecular formula is C16H25N3O. The maximum Gasteiger partial charge on any atom is 0.253 e. The van der Waals surface area contributed by atoms with E-state index in [2.05, 4.69) is 22.5 Å². The van der Waals surface area contributed by atoms with Crippen LogP contribution in [0.5, 0.6) is 0 Å². The van der Waals surface area contributed by atoms with Crippen molar-refractivity contribution in [3.8, 4) is 0 Å². The third kappa shape index (κ3) is 3.73. The van der Waals surface area contributed by atoms with Gasteiger partial charge in [0.2, 0.25) is 0 Å². The number of rotatable bonds is 5. The summed E-state index contributed by atoms with van der Waals surface area (Å²) in [6.45, 7) is 7.35. The molecule has 2 rings (SSSR count). The Morgan fingerprint density at radius 1 is 1.35 bits per heavy atom. The lowest BCUT2D eigenvalue weighted by Crippen LogP contribution is -2.41. The average Bonchev–Trinajstić information content (AvgIpc) is 2.90. The Balaban J connectivity index is 1.96. The minimum atomic E-state index is 0.000969. The van der Waals surface area contributed by atoms with E-state index in [9.17, 15) is 4.79 Å². The molecular weight excluding hydrogens is 250 g/mol. The number of hydrogen-bond donors (Lipinski definition) is 2. The third-order valence-corrected chi connectivity index (χ3v) is 3.80. The number of likely N-dealkylation sites (tertiary alicyclic amines) is 1. The highest BCUT2D eigenvalue weighted by atomic mass is 16.1. The summed E-state index contributed by atoms with van der Waals surface area (Å²) in [5, 5.41) is 6.19. The SMILES string of the molecule is CNc1cc(C)ccc1C(=O)NC(C)CN1CCCC1. The molecule has 0 radical (unpaired) electrons. The van der Waals surface area contributed by atoms with Gasteiger partial charge in [0.25, 0.3) is 5.91 Å². The molecule has 0 spiro atoms. The molecule has 1 aliphatic rings. The van der Waals surface area contributed by atoms with Gasteiger partial charge in [-0.05, 0) is 57.5 Å². The summed E-state index contributed by atoms with van der Waals surface area (Å²) >= 11 is 0. The second-order valence-corrected chi connectivity index (χ2v) is 5.68. The Labute approximate surface area is 121 Å². The first-order valence-corrected chi connectivity index (χ1v) is 7.42. The fourth-order valence-electron chi connectivity index (χ4n) is 2.76. The zero-order valence-corrected chi connectivity index (χ0v) is 12.7. The van der Waals surface area contributed by atoms with Crippen LogP contribution in [0.3, 0.4) is 0 Å². The van der Waals surface area contributed by atoms with E-state index in [1.165, 1.54) is 12.8 Å². The Morgan fingerprint density at radius 2 is 2.05 bits per heavy atom. The lowest BCUT2D eigenvalue weighted by atomic mass is 10.1. The summed E-state index contributed by atoms with van der Waals surface area (Å²) in [4.78, 5) is 14.8. The van der Waals surface area contributed by atoms with Crippen molar-refractivity contribution in [3.63, 3.8) is 0 Å². The highest BCUT2D eigenvalue weighted by Gasteiger charge is 2.17. The molecule has 0 aliphatic carbocycles. The summed E-state index contributed by atoms with van der Waals surface area (Å²) in [6, 6.07) is 6.03. The first-order chi connectivity index (χ1) is 9.60. The Bertz CT molecular complexity index is 467. The molecule has 1 saturated heterocycles. The Kier molecular flexibility index (Phi) is 5.01. The highest BCUT2D eigenvalue weighted by molar-refractivity contribution is 5.99. The molecule has 2 N–H and O–H groups in total. The number of anilines is 1. The van der Waals surface area contributed by atoms with E-state index in [0.29, 0.717) is 5.56 Å². The second-order valence-electron chi connectivity index (χ2n) is 5.68. The Morgan fingerprint density at radius 3 is 2.70 bits per heavy atom. The van der Waals surface area contributed by atoms with Crippen LogP contribution < -0.4 is 10.6 Å². The first-order valence-electron chi connectivity index (χ1n) is 7.42. The maximum absolute atomic E-state index is 12.4. The average molecular weight is 275 g/mol. The van der Waals surface area contributed by atoms with Crippen LogP contribution in [0.15, 0.2) is 18.2 Å². The van der Waals surface area contributed by atoms with E-state index in [1.54, 1.807) is 0 Å². The molecule has 0 saturated carbocycles. The van der Waals surface area contributed by atoms with Gasteiger partial charge in [0.05, 0.1) is 5.56 Å². The second kappa shape index (κ2) is 6.75. The lowest BCUT2D eigenvalue weighted by Gasteiger charge is -2.21. The normalized spacial score (nSPS) is 16.9. The van der Waals surface area contributed by atoms with Crippen LogP contribution in [-0.4, -0.2) is 43.5 Å². The molecule has 1 aromatic rings. The molecule has 4 heteroatoms. The minimum Gasteiger partial charge on any atom is -0.387 e. The molecule has 20 heavy (non-hydrogen) atoms. The van der Waals surface area contributed by atoms with Crippen molar-refractivity contribution in [3.05, 3.63) is 29.3 Å². The van der Waals surface area contributed by atoms with Gasteiger partial charge in [-0.2, -0.15) is 0 Å². The first kappa shape index (κ1) is 14.9. The van der Waals surface area contributed by atoms with Crippen molar-refractivity contribution in [1.29, 1.82) is 0 Å². The smallest absolute Gasteiger partial charge is 0.253 e. The van der Waals surface area contributed by atoms with Crippen molar-refractivity contribution >= 4 is 11.6 Å². The minimum absolute atomic E-state index is 0.000969. The van der Waals surface area contributed by atoms with Crippen molar-refractivity contribution in [1.82, 2.24) is 10.2 Å². The van der Waals surface area contributed by atoms with Gasteiger partial charge in [0.1, 0.15) is 0 Å². The monoisotopic (exact) mass is 275 g/mol. The molecule has 0 bridgehead atoms. The fourth-order valence-corrected chi connectivity index (χ4v) is 2.76. The van der Waals surface area contributed by atoms with Crippen LogP contribution in [0.25, 0.3) is 0 Å². The largest absolute Gasteiger partial charge is 0.387 e. The van der Waals surface area contributed by atoms with Gasteiger partial charge in [-0.15, -0.1) is 0 Å². The molecule has 1 heterocycles. The van der Waals surface area contributed by atoms with Crippen LogP contribution >= 0.6 is 0 Å². The number of nitrogens with one attached hydrogen (secondary N) is 2. The molecule has 1 aromatic carbocycles. The van der Waals surface area contributed by atoms with E-state index in [-0.39, 0.29) is 11.9 Å². The summed E-state index contributed by atoms with van der Waals surface area (Å²) in [6.07, 6.45) is 2.56. The van der Waals surface area contributed by atoms with Crippen molar-refractivity contribution < 1.29 is 4.79 Å². The number of carbonyl (C=O) groups excluding carboxylic acids is 1. The van der Waals surface area contributed by atoms with Crippen LogP contribution in [0.2, 0.25) is 0 Å². The Hall–Kier alpha value is -1.55. The standard InChI is InChI=1S/C16H25N3O/c1-12-6-7-14(15(10-12)17-3)16(20)18-13(2)11-19-8-4-5-9-19/h6-7,10,13,17H,4-5,8-9,11H2,1-3H3,(H,18,20). The lowest BCUT2D eigenvalue weighted by molar-refractivity contribution is 0.0933. The van der Waals surface area contributed by atoms with E-state index < -0.39 is 0 Å². The van der Waals surface area contributed by atoms with Crippen molar-refractivity contribution in [2.75, 3.05) is 32.0 Å². The number of carbonyl (C=O) groups is 1. The van der Waals surface area contributed by atoms with Crippen molar-refractivity contribution in [2.24, 2.45) is 0 Å². The topological polar surface area (TPSA) is 44.4 Å². The maximum atomic E-state index is 12.4. The number of benzene rings is 1. The van der Waals surface area contributed by atoms with Gasteiger partial charge in [-0.3, -0.25) is 4.79 Å². The van der Waals surface area contributed by atoms with Gasteiger partial charge in [-0.1, -0.05) is 6.07 Å². The zero-order valence-electron chi connectivity index (χ0n) is 12.7. The molecule has 1 atom stereocenters. The van der Waals surface area contributed by atoms with Crippen LogP contribution in [0.4, 0.5) is 5.69 Å². The van der Waals surface area contributed by atoms with Crippen LogP contribution in [0, 0.1) is 6.92 Å². The molecule has 110 valence electrons. The molecule has 1 amide bonds. The molecule has 0 aromatic heterocycles. The fraction of sp³-hybridized carbons (Fsp3) is 0.562. The molecule has 1 unspecified atom stereocenters. The predicted octanol–water partition coefficient (Wildman–Crippen LogP) is 2.25. The summed E-state index contributed by atoms with van der Waals surface area (Å²) < 4.78 is 0. The number of nitrogens with zero attached hydrogens (tertiary/aromatic N) is 1. The van der Waals surface area contributed by atoms with Gasteiger partial charge < -0.3 is 15.5 Å². The number of hydrogen-bond acceptors (Lipinski definition) is 3. The van der Waals surface area contributed by atoms with Gasteiger partial charge in [0.15, 0.2) is 0 Å². The summed E-state index contributed by atoms with van der Waals surface area (Å²) in [5.74, 6) is 0.000969. The highest BCUT2D eigenvalue weighted by Crippen LogP contribution is 2.17. The van der Waals surface area contributed by atoms with E-state index in [0.717, 1.165) is 30.9 Å². The summed E-state index contributed by atoms with van der Waals surface area (Å²) in [5.41, 5.74) is 2.75. The third-order valence-electron chi connectivity index (χ3n) is 3.80. The predicted molar refractivity (Wildman–Crippen MR) is 83.3 cm³/mol. The van der Waals surface area contributed by atoms with E-state index >= 15 is 0 Å². The van der Waals surface area contributed by atoms with Crippen LogP contribution in [-0.2, 0) is 0 Å². The van der Waals surface area contributed by atoms with Gasteiger partial charge in [-0.25, -0.2) is 0 Å². The molecule has 4 nitrogen and oxygen atoms in total. The van der Waals surface area contributed by atoms with E-state index in [1.807, 2.05) is 32.2 Å². The van der Waals surface area contributed by atoms with E-state index in [4.69, 9.17) is 0 Å².